The summed E-state index contributed by atoms with van der Waals surface area (Å²) in [6, 6.07) is 8.04. The molecule has 0 bridgehead atoms. The summed E-state index contributed by atoms with van der Waals surface area (Å²) in [7, 11) is 1.52. The molecule has 148 valence electrons. The van der Waals surface area contributed by atoms with Gasteiger partial charge in [-0.3, -0.25) is 4.90 Å². The van der Waals surface area contributed by atoms with E-state index in [1.165, 1.54) is 12.7 Å². The Morgan fingerprint density at radius 3 is 3.07 bits per heavy atom. The Morgan fingerprint density at radius 1 is 1.32 bits per heavy atom. The van der Waals surface area contributed by atoms with Crippen LogP contribution < -0.4 is 15.2 Å². The van der Waals surface area contributed by atoms with Crippen LogP contribution in [-0.2, 0) is 11.3 Å². The Bertz CT molecular complexity index is 919. The number of anilines is 1. The number of aromatic nitrogens is 2. The second kappa shape index (κ2) is 8.72. The molecule has 3 aromatic rings. The zero-order valence-corrected chi connectivity index (χ0v) is 16.7. The van der Waals surface area contributed by atoms with E-state index in [-0.39, 0.29) is 12.1 Å². The quantitative estimate of drug-likeness (QED) is 0.681. The van der Waals surface area contributed by atoms with E-state index in [1.807, 2.05) is 18.2 Å². The van der Waals surface area contributed by atoms with E-state index in [1.54, 1.807) is 11.3 Å². The Morgan fingerprint density at radius 2 is 2.25 bits per heavy atom. The standard InChI is InChI=1S/C20H24N4O3S/c1-25-20-22-18-9-15(3-4-17(18)19(21)23-20)27-12-16-11-24(6-2-7-26-16)10-14-5-8-28-13-14/h3-5,8-9,13,16H,2,6-7,10-12H2,1H3,(H2,21,22,23). The summed E-state index contributed by atoms with van der Waals surface area (Å²) in [6.07, 6.45) is 1.06. The number of nitrogens with zero attached hydrogens (tertiary/aromatic N) is 3. The molecule has 1 atom stereocenters. The number of ether oxygens (including phenoxy) is 3. The zero-order valence-electron chi connectivity index (χ0n) is 15.8. The van der Waals surface area contributed by atoms with Gasteiger partial charge in [-0.15, -0.1) is 0 Å². The lowest BCUT2D eigenvalue weighted by Gasteiger charge is -2.23. The highest BCUT2D eigenvalue weighted by Crippen LogP contribution is 2.25. The summed E-state index contributed by atoms with van der Waals surface area (Å²) in [6.45, 7) is 4.09. The first-order valence-corrected chi connectivity index (χ1v) is 10.2. The molecule has 8 heteroatoms. The summed E-state index contributed by atoms with van der Waals surface area (Å²) in [5.74, 6) is 1.12. The SMILES string of the molecule is COc1nc(N)c2ccc(OCC3CN(Cc4ccsc4)CCCO3)cc2n1. The van der Waals surface area contributed by atoms with Crippen LogP contribution in [0.2, 0.25) is 0 Å². The van der Waals surface area contributed by atoms with Gasteiger partial charge in [0.2, 0.25) is 0 Å². The minimum atomic E-state index is 0.0295. The molecule has 1 aromatic carbocycles. The molecule has 2 aromatic heterocycles. The Kier molecular flexibility index (Phi) is 5.90. The predicted octanol–water partition coefficient (Wildman–Crippen LogP) is 2.95. The van der Waals surface area contributed by atoms with Gasteiger partial charge in [-0.1, -0.05) is 0 Å². The van der Waals surface area contributed by atoms with Gasteiger partial charge in [-0.2, -0.15) is 21.3 Å². The van der Waals surface area contributed by atoms with Crippen molar-refractivity contribution in [3.8, 4) is 11.8 Å². The van der Waals surface area contributed by atoms with Gasteiger partial charge in [0.15, 0.2) is 0 Å². The number of nitrogen functional groups attached to an aromatic ring is 1. The summed E-state index contributed by atoms with van der Waals surface area (Å²) in [5, 5.41) is 5.10. The average molecular weight is 401 g/mol. The van der Waals surface area contributed by atoms with Crippen molar-refractivity contribution in [2.24, 2.45) is 0 Å². The Labute approximate surface area is 168 Å². The smallest absolute Gasteiger partial charge is 0.318 e. The van der Waals surface area contributed by atoms with E-state index in [9.17, 15) is 0 Å². The number of hydrogen-bond acceptors (Lipinski definition) is 8. The number of methoxy groups -OCH3 is 1. The molecule has 4 rings (SSSR count). The normalized spacial score (nSPS) is 18.1. The highest BCUT2D eigenvalue weighted by atomic mass is 32.1. The second-order valence-electron chi connectivity index (χ2n) is 6.80. The third-order valence-corrected chi connectivity index (χ3v) is 5.45. The lowest BCUT2D eigenvalue weighted by molar-refractivity contribution is 0.0202. The van der Waals surface area contributed by atoms with E-state index in [4.69, 9.17) is 19.9 Å². The molecule has 0 saturated carbocycles. The fraction of sp³-hybridized carbons (Fsp3) is 0.400. The van der Waals surface area contributed by atoms with Crippen molar-refractivity contribution in [2.75, 3.05) is 39.1 Å². The first-order valence-electron chi connectivity index (χ1n) is 9.30. The third-order valence-electron chi connectivity index (χ3n) is 4.72. The monoisotopic (exact) mass is 400 g/mol. The van der Waals surface area contributed by atoms with Crippen LogP contribution >= 0.6 is 11.3 Å². The first-order chi connectivity index (χ1) is 13.7. The Balaban J connectivity index is 1.41. The minimum Gasteiger partial charge on any atom is -0.491 e. The molecule has 1 aliphatic rings. The van der Waals surface area contributed by atoms with Crippen molar-refractivity contribution in [3.05, 3.63) is 40.6 Å². The van der Waals surface area contributed by atoms with E-state index in [0.29, 0.717) is 17.9 Å². The van der Waals surface area contributed by atoms with Gasteiger partial charge in [-0.25, -0.2) is 0 Å². The highest BCUT2D eigenvalue weighted by molar-refractivity contribution is 7.07. The largest absolute Gasteiger partial charge is 0.491 e. The van der Waals surface area contributed by atoms with Gasteiger partial charge in [-0.05, 0) is 40.9 Å². The maximum absolute atomic E-state index is 6.01. The summed E-state index contributed by atoms with van der Waals surface area (Å²) in [4.78, 5) is 10.9. The van der Waals surface area contributed by atoms with Crippen LogP contribution in [0, 0.1) is 0 Å². The maximum atomic E-state index is 6.01. The fourth-order valence-corrected chi connectivity index (χ4v) is 4.00. The molecule has 0 radical (unpaired) electrons. The van der Waals surface area contributed by atoms with Crippen molar-refractivity contribution in [1.82, 2.24) is 14.9 Å². The van der Waals surface area contributed by atoms with Crippen LogP contribution in [0.5, 0.6) is 11.8 Å². The number of rotatable bonds is 6. The Hall–Kier alpha value is -2.42. The number of fused-ring (bicyclic) bond motifs is 1. The average Bonchev–Trinajstić information content (AvgIpc) is 3.11. The van der Waals surface area contributed by atoms with Crippen LogP contribution in [0.25, 0.3) is 10.9 Å². The van der Waals surface area contributed by atoms with Crippen LogP contribution in [0.15, 0.2) is 35.0 Å². The van der Waals surface area contributed by atoms with Gasteiger partial charge < -0.3 is 19.9 Å². The molecule has 1 fully saturated rings. The van der Waals surface area contributed by atoms with Gasteiger partial charge in [0.05, 0.1) is 12.6 Å². The number of hydrogen-bond donors (Lipinski definition) is 1. The van der Waals surface area contributed by atoms with Crippen molar-refractivity contribution in [2.45, 2.75) is 19.1 Å². The zero-order chi connectivity index (χ0) is 19.3. The van der Waals surface area contributed by atoms with Gasteiger partial charge in [0, 0.05) is 37.7 Å². The molecule has 0 aliphatic carbocycles. The molecular weight excluding hydrogens is 376 g/mol. The molecule has 7 nitrogen and oxygen atoms in total. The molecule has 1 unspecified atom stereocenters. The van der Waals surface area contributed by atoms with Gasteiger partial charge in [0.1, 0.15) is 24.3 Å². The van der Waals surface area contributed by atoms with Crippen molar-refractivity contribution >= 4 is 28.1 Å². The molecule has 0 amide bonds. The summed E-state index contributed by atoms with van der Waals surface area (Å²) < 4.78 is 17.1. The lowest BCUT2D eigenvalue weighted by atomic mass is 10.2. The molecule has 1 aliphatic heterocycles. The van der Waals surface area contributed by atoms with Gasteiger partial charge >= 0.3 is 6.01 Å². The fourth-order valence-electron chi connectivity index (χ4n) is 3.34. The molecule has 3 heterocycles. The first kappa shape index (κ1) is 18.9. The third kappa shape index (κ3) is 4.52. The lowest BCUT2D eigenvalue weighted by Crippen LogP contribution is -2.34. The molecule has 28 heavy (non-hydrogen) atoms. The summed E-state index contributed by atoms with van der Waals surface area (Å²) >= 11 is 1.74. The van der Waals surface area contributed by atoms with Gasteiger partial charge in [0.25, 0.3) is 0 Å². The predicted molar refractivity (Wildman–Crippen MR) is 110 cm³/mol. The van der Waals surface area contributed by atoms with Crippen molar-refractivity contribution in [1.29, 1.82) is 0 Å². The second-order valence-corrected chi connectivity index (χ2v) is 7.58. The molecular formula is C20H24N4O3S. The van der Waals surface area contributed by atoms with Crippen LogP contribution in [0.4, 0.5) is 5.82 Å². The molecule has 2 N–H and O–H groups in total. The minimum absolute atomic E-state index is 0.0295. The summed E-state index contributed by atoms with van der Waals surface area (Å²) in [5.41, 5.74) is 8.02. The van der Waals surface area contributed by atoms with Crippen LogP contribution in [0.3, 0.4) is 0 Å². The molecule has 1 saturated heterocycles. The van der Waals surface area contributed by atoms with E-state index in [0.717, 1.165) is 43.8 Å². The molecule has 0 spiro atoms. The van der Waals surface area contributed by atoms with E-state index < -0.39 is 0 Å². The number of thiophene rings is 1. The number of nitrogens with two attached hydrogens (primary N) is 1. The van der Waals surface area contributed by atoms with Crippen molar-refractivity contribution < 1.29 is 14.2 Å². The van der Waals surface area contributed by atoms with Crippen LogP contribution in [-0.4, -0.2) is 54.4 Å². The maximum Gasteiger partial charge on any atom is 0.318 e. The topological polar surface area (TPSA) is 82.7 Å². The highest BCUT2D eigenvalue weighted by Gasteiger charge is 2.20. The van der Waals surface area contributed by atoms with E-state index >= 15 is 0 Å². The van der Waals surface area contributed by atoms with E-state index in [2.05, 4.69) is 31.7 Å². The van der Waals surface area contributed by atoms with Crippen molar-refractivity contribution in [3.63, 3.8) is 0 Å². The number of benzene rings is 1. The van der Waals surface area contributed by atoms with Crippen LogP contribution in [0.1, 0.15) is 12.0 Å².